The van der Waals surface area contributed by atoms with Crippen LogP contribution in [-0.4, -0.2) is 39.5 Å². The van der Waals surface area contributed by atoms with E-state index in [4.69, 9.17) is 16.9 Å². The molecule has 8 heteroatoms. The van der Waals surface area contributed by atoms with Crippen molar-refractivity contribution in [2.24, 2.45) is 0 Å². The fourth-order valence-electron chi connectivity index (χ4n) is 2.34. The molecule has 2 aromatic rings. The maximum absolute atomic E-state index is 14.1. The SMILES string of the molecule is O=C(O)c1cn(Cl)c2cc(N3CC(O)C3)c(F)cc2c1=O. The quantitative estimate of drug-likeness (QED) is 0.865. The predicted octanol–water partition coefficient (Wildman–Crippen LogP) is 1.02. The highest BCUT2D eigenvalue weighted by Crippen LogP contribution is 2.28. The number of carbonyl (C=O) groups is 1. The number of benzene rings is 1. The van der Waals surface area contributed by atoms with Crippen LogP contribution < -0.4 is 10.3 Å². The fraction of sp³-hybridized carbons (Fsp3) is 0.231. The summed E-state index contributed by atoms with van der Waals surface area (Å²) in [6.07, 6.45) is 0.481. The van der Waals surface area contributed by atoms with Crippen molar-refractivity contribution in [3.05, 3.63) is 39.9 Å². The van der Waals surface area contributed by atoms with Crippen LogP contribution in [0.5, 0.6) is 0 Å². The van der Waals surface area contributed by atoms with Crippen LogP contribution in [0, 0.1) is 5.82 Å². The van der Waals surface area contributed by atoms with Gasteiger partial charge in [0.05, 0.1) is 22.7 Å². The number of aromatic nitrogens is 1. The Kier molecular flexibility index (Phi) is 3.11. The van der Waals surface area contributed by atoms with Gasteiger partial charge in [0, 0.05) is 31.1 Å². The molecule has 1 saturated heterocycles. The van der Waals surface area contributed by atoms with Crippen molar-refractivity contribution < 1.29 is 19.4 Å². The van der Waals surface area contributed by atoms with E-state index >= 15 is 0 Å². The molecule has 0 unspecified atom stereocenters. The number of rotatable bonds is 2. The van der Waals surface area contributed by atoms with Gasteiger partial charge in [-0.2, -0.15) is 0 Å². The molecular weight excluding hydrogens is 303 g/mol. The van der Waals surface area contributed by atoms with Crippen molar-refractivity contribution in [1.29, 1.82) is 0 Å². The van der Waals surface area contributed by atoms with Crippen LogP contribution in [0.3, 0.4) is 0 Å². The molecule has 1 aromatic heterocycles. The summed E-state index contributed by atoms with van der Waals surface area (Å²) < 4.78 is 15.1. The van der Waals surface area contributed by atoms with Gasteiger partial charge < -0.3 is 15.1 Å². The highest BCUT2D eigenvalue weighted by Gasteiger charge is 2.27. The first-order valence-electron chi connectivity index (χ1n) is 6.10. The highest BCUT2D eigenvalue weighted by molar-refractivity contribution is 6.19. The standard InChI is InChI=1S/C13H10ClFN2O4/c14-17-5-8(13(20)21)12(19)7-1-9(15)11(2-10(7)17)16-3-6(18)4-16/h1-2,5-6,18H,3-4H2,(H,20,21). The van der Waals surface area contributed by atoms with E-state index in [1.807, 2.05) is 0 Å². The molecule has 1 aromatic carbocycles. The molecule has 0 saturated carbocycles. The largest absolute Gasteiger partial charge is 0.477 e. The van der Waals surface area contributed by atoms with E-state index in [2.05, 4.69) is 0 Å². The molecule has 1 fully saturated rings. The summed E-state index contributed by atoms with van der Waals surface area (Å²) >= 11 is 5.92. The summed E-state index contributed by atoms with van der Waals surface area (Å²) in [5.74, 6) is -2.09. The van der Waals surface area contributed by atoms with Gasteiger partial charge in [-0.1, -0.05) is 0 Å². The van der Waals surface area contributed by atoms with Gasteiger partial charge in [-0.05, 0) is 12.1 Å². The van der Waals surface area contributed by atoms with Crippen LogP contribution in [0.2, 0.25) is 0 Å². The number of carboxylic acid groups (broad SMARTS) is 1. The van der Waals surface area contributed by atoms with Gasteiger partial charge in [0.2, 0.25) is 5.43 Å². The number of nitrogens with zero attached hydrogens (tertiary/aromatic N) is 2. The Hall–Kier alpha value is -2.12. The van der Waals surface area contributed by atoms with Crippen LogP contribution in [0.4, 0.5) is 10.1 Å². The molecule has 0 bridgehead atoms. The summed E-state index contributed by atoms with van der Waals surface area (Å²) in [6, 6.07) is 2.35. The smallest absolute Gasteiger partial charge is 0.341 e. The van der Waals surface area contributed by atoms with Gasteiger partial charge in [-0.15, -0.1) is 0 Å². The number of carboxylic acids is 1. The van der Waals surface area contributed by atoms with Gasteiger partial charge >= 0.3 is 5.97 Å². The van der Waals surface area contributed by atoms with Gasteiger partial charge in [0.15, 0.2) is 0 Å². The summed E-state index contributed by atoms with van der Waals surface area (Å²) in [5.41, 5.74) is -0.887. The Morgan fingerprint density at radius 3 is 2.62 bits per heavy atom. The second-order valence-electron chi connectivity index (χ2n) is 4.87. The number of aromatic carboxylic acids is 1. The van der Waals surface area contributed by atoms with Crippen LogP contribution in [0.1, 0.15) is 10.4 Å². The molecule has 3 rings (SSSR count). The first-order chi connectivity index (χ1) is 9.88. The lowest BCUT2D eigenvalue weighted by molar-refractivity contribution is 0.0695. The van der Waals surface area contributed by atoms with E-state index in [0.717, 1.165) is 16.3 Å². The number of aliphatic hydroxyl groups is 1. The molecule has 1 aliphatic rings. The Labute approximate surface area is 122 Å². The lowest BCUT2D eigenvalue weighted by Crippen LogP contribution is -2.51. The predicted molar refractivity (Wildman–Crippen MR) is 74.6 cm³/mol. The van der Waals surface area contributed by atoms with Gasteiger partial charge in [0.25, 0.3) is 0 Å². The summed E-state index contributed by atoms with van der Waals surface area (Å²) in [5, 5.41) is 18.1. The third-order valence-corrected chi connectivity index (χ3v) is 3.74. The topological polar surface area (TPSA) is 82.8 Å². The number of hydrogen-bond donors (Lipinski definition) is 2. The van der Waals surface area contributed by atoms with Gasteiger partial charge in [0.1, 0.15) is 11.4 Å². The zero-order valence-corrected chi connectivity index (χ0v) is 11.3. The number of hydrogen-bond acceptors (Lipinski definition) is 4. The van der Waals surface area contributed by atoms with E-state index in [0.29, 0.717) is 13.1 Å². The molecule has 6 nitrogen and oxygen atoms in total. The Bertz CT molecular complexity index is 814. The number of pyridine rings is 1. The minimum Gasteiger partial charge on any atom is -0.477 e. The van der Waals surface area contributed by atoms with Crippen molar-refractivity contribution in [2.45, 2.75) is 6.10 Å². The van der Waals surface area contributed by atoms with Gasteiger partial charge in [-0.3, -0.25) is 8.88 Å². The van der Waals surface area contributed by atoms with E-state index in [1.165, 1.54) is 6.07 Å². The molecule has 110 valence electrons. The minimum atomic E-state index is -1.42. The van der Waals surface area contributed by atoms with E-state index in [1.54, 1.807) is 4.90 Å². The molecular formula is C13H10ClFN2O4. The zero-order chi connectivity index (χ0) is 15.3. The zero-order valence-electron chi connectivity index (χ0n) is 10.6. The molecule has 0 aliphatic carbocycles. The summed E-state index contributed by atoms with van der Waals surface area (Å²) in [6.45, 7) is 0.588. The van der Waals surface area contributed by atoms with Gasteiger partial charge in [-0.25, -0.2) is 9.18 Å². The lowest BCUT2D eigenvalue weighted by atomic mass is 10.1. The fourth-order valence-corrected chi connectivity index (χ4v) is 2.58. The van der Waals surface area contributed by atoms with Crippen molar-refractivity contribution in [3.8, 4) is 0 Å². The summed E-state index contributed by atoms with van der Waals surface area (Å²) in [4.78, 5) is 24.6. The van der Waals surface area contributed by atoms with Crippen LogP contribution in [0.15, 0.2) is 23.1 Å². The molecule has 0 radical (unpaired) electrons. The molecule has 0 amide bonds. The van der Waals surface area contributed by atoms with Crippen molar-refractivity contribution >= 4 is 34.3 Å². The first kappa shape index (κ1) is 13.8. The molecule has 1 aliphatic heterocycles. The maximum Gasteiger partial charge on any atom is 0.341 e. The van der Waals surface area contributed by atoms with E-state index in [-0.39, 0.29) is 16.6 Å². The third-order valence-electron chi connectivity index (χ3n) is 3.46. The number of β-amino-alcohol motifs (C(OH)–C–C–N with tert-alkyl or cyclic N) is 1. The molecule has 0 spiro atoms. The number of halogens is 2. The highest BCUT2D eigenvalue weighted by atomic mass is 35.5. The van der Waals surface area contributed by atoms with Crippen molar-refractivity contribution in [3.63, 3.8) is 0 Å². The number of aliphatic hydroxyl groups excluding tert-OH is 1. The van der Waals surface area contributed by atoms with E-state index < -0.39 is 28.9 Å². The monoisotopic (exact) mass is 312 g/mol. The summed E-state index contributed by atoms with van der Waals surface area (Å²) in [7, 11) is 0. The van der Waals surface area contributed by atoms with E-state index in [9.17, 15) is 19.1 Å². The average molecular weight is 313 g/mol. The molecule has 2 N–H and O–H groups in total. The lowest BCUT2D eigenvalue weighted by Gasteiger charge is -2.38. The Balaban J connectivity index is 2.23. The first-order valence-corrected chi connectivity index (χ1v) is 6.43. The molecule has 2 heterocycles. The minimum absolute atomic E-state index is 0.104. The second kappa shape index (κ2) is 4.71. The maximum atomic E-state index is 14.1. The van der Waals surface area contributed by atoms with Crippen LogP contribution in [0.25, 0.3) is 10.9 Å². The van der Waals surface area contributed by atoms with Crippen LogP contribution >= 0.6 is 11.8 Å². The third kappa shape index (κ3) is 2.14. The van der Waals surface area contributed by atoms with Crippen molar-refractivity contribution in [2.75, 3.05) is 18.0 Å². The Morgan fingerprint density at radius 1 is 1.38 bits per heavy atom. The van der Waals surface area contributed by atoms with Crippen molar-refractivity contribution in [1.82, 2.24) is 4.09 Å². The number of anilines is 1. The molecule has 0 atom stereocenters. The normalized spacial score (nSPS) is 15.3. The second-order valence-corrected chi connectivity index (χ2v) is 5.23. The Morgan fingerprint density at radius 2 is 2.05 bits per heavy atom. The molecule has 21 heavy (non-hydrogen) atoms. The number of fused-ring (bicyclic) bond motifs is 1. The average Bonchev–Trinajstić information content (AvgIpc) is 2.39. The van der Waals surface area contributed by atoms with Crippen LogP contribution in [-0.2, 0) is 0 Å².